The zero-order chi connectivity index (χ0) is 14.8. The van der Waals surface area contributed by atoms with Crippen molar-refractivity contribution in [2.24, 2.45) is 5.73 Å². The molecule has 0 aliphatic carbocycles. The topological polar surface area (TPSA) is 38.9 Å². The summed E-state index contributed by atoms with van der Waals surface area (Å²) >= 11 is 3.43. The first kappa shape index (κ1) is 14.2. The number of aromatic nitrogens is 1. The minimum Gasteiger partial charge on any atom is -0.322 e. The highest BCUT2D eigenvalue weighted by Crippen LogP contribution is 2.24. The number of pyridine rings is 1. The van der Waals surface area contributed by atoms with Crippen molar-refractivity contribution in [2.45, 2.75) is 12.5 Å². The Balaban J connectivity index is 1.89. The van der Waals surface area contributed by atoms with E-state index in [4.69, 9.17) is 5.73 Å². The number of rotatable bonds is 3. The molecule has 0 fully saturated rings. The maximum absolute atomic E-state index is 13.3. The molecule has 0 saturated carbocycles. The Hall–Kier alpha value is -1.78. The van der Waals surface area contributed by atoms with E-state index in [2.05, 4.69) is 20.9 Å². The van der Waals surface area contributed by atoms with Crippen LogP contribution >= 0.6 is 15.9 Å². The highest BCUT2D eigenvalue weighted by molar-refractivity contribution is 9.10. The second kappa shape index (κ2) is 5.92. The summed E-state index contributed by atoms with van der Waals surface area (Å²) in [4.78, 5) is 4.59. The third-order valence-corrected chi connectivity index (χ3v) is 4.22. The van der Waals surface area contributed by atoms with Crippen molar-refractivity contribution in [1.29, 1.82) is 0 Å². The average molecular weight is 345 g/mol. The summed E-state index contributed by atoms with van der Waals surface area (Å²) in [5, 5.41) is 1.08. The predicted molar refractivity (Wildman–Crippen MR) is 86.5 cm³/mol. The molecule has 0 aliphatic heterocycles. The first-order valence-electron chi connectivity index (χ1n) is 6.69. The summed E-state index contributed by atoms with van der Waals surface area (Å²) in [6.45, 7) is 0. The molecule has 106 valence electrons. The Kier molecular flexibility index (Phi) is 3.99. The van der Waals surface area contributed by atoms with Crippen LogP contribution in [0.3, 0.4) is 0 Å². The molecule has 21 heavy (non-hydrogen) atoms. The molecule has 4 heteroatoms. The Morgan fingerprint density at radius 2 is 1.90 bits per heavy atom. The SMILES string of the molecule is NC(Cc1cc(F)ccc1Br)c1ccc2ccccc2n1. The van der Waals surface area contributed by atoms with Crippen molar-refractivity contribution in [2.75, 3.05) is 0 Å². The molecule has 1 atom stereocenters. The van der Waals surface area contributed by atoms with Gasteiger partial charge in [0.2, 0.25) is 0 Å². The largest absolute Gasteiger partial charge is 0.322 e. The van der Waals surface area contributed by atoms with Crippen LogP contribution in [0.1, 0.15) is 17.3 Å². The molecule has 0 saturated heterocycles. The second-order valence-corrected chi connectivity index (χ2v) is 5.83. The van der Waals surface area contributed by atoms with E-state index in [1.807, 2.05) is 36.4 Å². The fraction of sp³-hybridized carbons (Fsp3) is 0.118. The van der Waals surface area contributed by atoms with Gasteiger partial charge < -0.3 is 5.73 Å². The quantitative estimate of drug-likeness (QED) is 0.765. The fourth-order valence-electron chi connectivity index (χ4n) is 2.33. The number of hydrogen-bond donors (Lipinski definition) is 1. The summed E-state index contributed by atoms with van der Waals surface area (Å²) in [6.07, 6.45) is 0.531. The second-order valence-electron chi connectivity index (χ2n) is 4.98. The van der Waals surface area contributed by atoms with Gasteiger partial charge in [-0.05, 0) is 42.3 Å². The van der Waals surface area contributed by atoms with Gasteiger partial charge in [-0.2, -0.15) is 0 Å². The molecule has 1 heterocycles. The zero-order valence-electron chi connectivity index (χ0n) is 11.3. The lowest BCUT2D eigenvalue weighted by molar-refractivity contribution is 0.620. The number of nitrogens with zero attached hydrogens (tertiary/aromatic N) is 1. The summed E-state index contributed by atoms with van der Waals surface area (Å²) in [5.74, 6) is -0.258. The molecule has 2 N–H and O–H groups in total. The molecular formula is C17H14BrFN2. The zero-order valence-corrected chi connectivity index (χ0v) is 12.8. The number of fused-ring (bicyclic) bond motifs is 1. The predicted octanol–water partition coefficient (Wildman–Crippen LogP) is 4.38. The van der Waals surface area contributed by atoms with E-state index in [0.29, 0.717) is 6.42 Å². The summed E-state index contributed by atoms with van der Waals surface area (Å²) in [6, 6.07) is 16.2. The van der Waals surface area contributed by atoms with E-state index in [9.17, 15) is 4.39 Å². The minimum atomic E-state index is -0.271. The molecule has 0 amide bonds. The lowest BCUT2D eigenvalue weighted by Gasteiger charge is -2.13. The highest BCUT2D eigenvalue weighted by Gasteiger charge is 2.12. The van der Waals surface area contributed by atoms with Gasteiger partial charge in [0.15, 0.2) is 0 Å². The molecular weight excluding hydrogens is 331 g/mol. The van der Waals surface area contributed by atoms with Crippen molar-refractivity contribution in [3.8, 4) is 0 Å². The van der Waals surface area contributed by atoms with Crippen molar-refractivity contribution < 1.29 is 4.39 Å². The maximum Gasteiger partial charge on any atom is 0.123 e. The lowest BCUT2D eigenvalue weighted by atomic mass is 10.0. The number of para-hydroxylation sites is 1. The summed E-state index contributed by atoms with van der Waals surface area (Å²) in [5.41, 5.74) is 8.81. The van der Waals surface area contributed by atoms with E-state index in [0.717, 1.165) is 26.6 Å². The number of nitrogens with two attached hydrogens (primary N) is 1. The molecule has 2 nitrogen and oxygen atoms in total. The highest BCUT2D eigenvalue weighted by atomic mass is 79.9. The van der Waals surface area contributed by atoms with Gasteiger partial charge in [0.05, 0.1) is 17.3 Å². The van der Waals surface area contributed by atoms with E-state index in [1.54, 1.807) is 6.07 Å². The molecule has 0 aliphatic rings. The van der Waals surface area contributed by atoms with Crippen molar-refractivity contribution in [1.82, 2.24) is 4.98 Å². The monoisotopic (exact) mass is 344 g/mol. The summed E-state index contributed by atoms with van der Waals surface area (Å²) in [7, 11) is 0. The maximum atomic E-state index is 13.3. The molecule has 3 rings (SSSR count). The van der Waals surface area contributed by atoms with Crippen LogP contribution in [0.15, 0.2) is 59.1 Å². The van der Waals surface area contributed by atoms with Crippen molar-refractivity contribution >= 4 is 26.8 Å². The minimum absolute atomic E-state index is 0.258. The van der Waals surface area contributed by atoms with E-state index < -0.39 is 0 Å². The van der Waals surface area contributed by atoms with Crippen LogP contribution in [0.4, 0.5) is 4.39 Å². The van der Waals surface area contributed by atoms with Crippen LogP contribution in [0, 0.1) is 5.82 Å². The van der Waals surface area contributed by atoms with Gasteiger partial charge >= 0.3 is 0 Å². The lowest BCUT2D eigenvalue weighted by Crippen LogP contribution is -2.15. The number of hydrogen-bond acceptors (Lipinski definition) is 2. The van der Waals surface area contributed by atoms with Gasteiger partial charge in [-0.3, -0.25) is 4.98 Å². The molecule has 1 aromatic heterocycles. The van der Waals surface area contributed by atoms with Gasteiger partial charge in [-0.15, -0.1) is 0 Å². The first-order valence-corrected chi connectivity index (χ1v) is 7.48. The van der Waals surface area contributed by atoms with Crippen molar-refractivity contribution in [3.63, 3.8) is 0 Å². The standard InChI is InChI=1S/C17H14BrFN2/c18-14-7-6-13(19)9-12(14)10-15(20)17-8-5-11-3-1-2-4-16(11)21-17/h1-9,15H,10,20H2. The smallest absolute Gasteiger partial charge is 0.123 e. The average Bonchev–Trinajstić information content (AvgIpc) is 2.50. The van der Waals surface area contributed by atoms with E-state index >= 15 is 0 Å². The van der Waals surface area contributed by atoms with Crippen LogP contribution in [0.25, 0.3) is 10.9 Å². The van der Waals surface area contributed by atoms with Gasteiger partial charge in [-0.1, -0.05) is 40.2 Å². The first-order chi connectivity index (χ1) is 10.1. The molecule has 2 aromatic carbocycles. The van der Waals surface area contributed by atoms with Crippen LogP contribution in [0.5, 0.6) is 0 Å². The third-order valence-electron chi connectivity index (χ3n) is 3.45. The van der Waals surface area contributed by atoms with E-state index in [1.165, 1.54) is 12.1 Å². The van der Waals surface area contributed by atoms with Crippen LogP contribution in [-0.4, -0.2) is 4.98 Å². The third kappa shape index (κ3) is 3.12. The normalized spacial score (nSPS) is 12.5. The molecule has 1 unspecified atom stereocenters. The Bertz CT molecular complexity index is 789. The Morgan fingerprint density at radius 1 is 1.10 bits per heavy atom. The number of benzene rings is 2. The molecule has 0 radical (unpaired) electrons. The Labute approximate surface area is 130 Å². The van der Waals surface area contributed by atoms with Gasteiger partial charge in [0.1, 0.15) is 5.82 Å². The molecule has 0 bridgehead atoms. The van der Waals surface area contributed by atoms with Crippen LogP contribution in [0.2, 0.25) is 0 Å². The number of halogens is 2. The van der Waals surface area contributed by atoms with Gasteiger partial charge in [0, 0.05) is 9.86 Å². The summed E-state index contributed by atoms with van der Waals surface area (Å²) < 4.78 is 14.2. The van der Waals surface area contributed by atoms with Gasteiger partial charge in [-0.25, -0.2) is 4.39 Å². The van der Waals surface area contributed by atoms with Crippen LogP contribution < -0.4 is 5.73 Å². The molecule has 3 aromatic rings. The Morgan fingerprint density at radius 3 is 2.76 bits per heavy atom. The fourth-order valence-corrected chi connectivity index (χ4v) is 2.74. The molecule has 0 spiro atoms. The van der Waals surface area contributed by atoms with Crippen molar-refractivity contribution in [3.05, 3.63) is 76.1 Å². The van der Waals surface area contributed by atoms with Crippen LogP contribution in [-0.2, 0) is 6.42 Å². The van der Waals surface area contributed by atoms with E-state index in [-0.39, 0.29) is 11.9 Å². The van der Waals surface area contributed by atoms with Gasteiger partial charge in [0.25, 0.3) is 0 Å².